The van der Waals surface area contributed by atoms with E-state index >= 15 is 0 Å². The molecule has 1 atom stereocenters. The van der Waals surface area contributed by atoms with E-state index in [0.717, 1.165) is 4.90 Å². The molecule has 0 aliphatic rings. The molecule has 2 amide bonds. The van der Waals surface area contributed by atoms with Gasteiger partial charge in [0.15, 0.2) is 0 Å². The second-order valence-electron chi connectivity index (χ2n) is 5.07. The van der Waals surface area contributed by atoms with Gasteiger partial charge in [-0.2, -0.15) is 0 Å². The van der Waals surface area contributed by atoms with Crippen LogP contribution in [0.4, 0.5) is 10.1 Å². The number of rotatable bonds is 4. The molecule has 2 N–H and O–H groups in total. The average Bonchev–Trinajstić information content (AvgIpc) is 2.54. The van der Waals surface area contributed by atoms with Crippen molar-refractivity contribution >= 4 is 17.5 Å². The van der Waals surface area contributed by atoms with Crippen molar-refractivity contribution in [1.82, 2.24) is 5.48 Å². The monoisotopic (exact) mass is 332 g/mol. The first-order chi connectivity index (χ1) is 11.0. The quantitative estimate of drug-likeness (QED) is 0.666. The Morgan fingerprint density at radius 1 is 1.17 bits per heavy atom. The van der Waals surface area contributed by atoms with Crippen LogP contribution in [0.3, 0.4) is 0 Å². The summed E-state index contributed by atoms with van der Waals surface area (Å²) in [6.45, 7) is 2.71. The third-order valence-electron chi connectivity index (χ3n) is 3.53. The molecule has 0 saturated carbocycles. The number of halogens is 1. The number of hydrogen-bond donors (Lipinski definition) is 2. The lowest BCUT2D eigenvalue weighted by Crippen LogP contribution is -2.46. The third kappa shape index (κ3) is 3.97. The highest BCUT2D eigenvalue weighted by molar-refractivity contribution is 5.99. The summed E-state index contributed by atoms with van der Waals surface area (Å²) in [5, 5.41) is 8.72. The van der Waals surface area contributed by atoms with Crippen molar-refractivity contribution in [3.8, 4) is 11.1 Å². The molecule has 0 aliphatic heterocycles. The molecule has 0 bridgehead atoms. The van der Waals surface area contributed by atoms with E-state index in [1.54, 1.807) is 36.4 Å². The van der Waals surface area contributed by atoms with Gasteiger partial charge in [0, 0.05) is 18.2 Å². The maximum absolute atomic E-state index is 14.4. The summed E-state index contributed by atoms with van der Waals surface area (Å²) < 4.78 is 14.4. The molecular weight excluding hydrogens is 311 g/mol. The van der Waals surface area contributed by atoms with Gasteiger partial charge in [0.05, 0.1) is 0 Å². The summed E-state index contributed by atoms with van der Waals surface area (Å²) in [4.78, 5) is 24.5. The van der Waals surface area contributed by atoms with Crippen molar-refractivity contribution in [2.24, 2.45) is 0 Å². The fourth-order valence-corrected chi connectivity index (χ4v) is 2.39. The summed E-state index contributed by atoms with van der Waals surface area (Å²) in [7, 11) is 0. The Morgan fingerprint density at radius 3 is 2.29 bits per heavy atom. The van der Waals surface area contributed by atoms with Crippen LogP contribution in [0.1, 0.15) is 21.3 Å². The van der Waals surface area contributed by atoms with E-state index in [9.17, 15) is 14.0 Å². The van der Waals surface area contributed by atoms with Crippen LogP contribution in [0.5, 0.6) is 0 Å². The van der Waals surface area contributed by atoms with Crippen LogP contribution in [-0.2, 0) is 9.59 Å². The number of benzene rings is 2. The number of carbonyl (C=O) groups is 2. The minimum absolute atomic E-state index is 0. The molecule has 128 valence electrons. The van der Waals surface area contributed by atoms with Crippen molar-refractivity contribution in [3.05, 3.63) is 54.3 Å². The summed E-state index contributed by atoms with van der Waals surface area (Å²) in [6.07, 6.45) is 0. The predicted octanol–water partition coefficient (Wildman–Crippen LogP) is 3.38. The number of anilines is 1. The number of amides is 2. The van der Waals surface area contributed by atoms with E-state index in [4.69, 9.17) is 5.21 Å². The summed E-state index contributed by atoms with van der Waals surface area (Å²) >= 11 is 0. The zero-order valence-corrected chi connectivity index (χ0v) is 12.8. The first-order valence-corrected chi connectivity index (χ1v) is 7.04. The van der Waals surface area contributed by atoms with Crippen LogP contribution in [0.25, 0.3) is 11.1 Å². The lowest BCUT2D eigenvalue weighted by Gasteiger charge is -2.27. The molecule has 0 fully saturated rings. The molecule has 0 spiro atoms. The molecule has 24 heavy (non-hydrogen) atoms. The van der Waals surface area contributed by atoms with Gasteiger partial charge in [-0.15, -0.1) is 0 Å². The van der Waals surface area contributed by atoms with E-state index in [1.165, 1.54) is 25.4 Å². The van der Waals surface area contributed by atoms with Gasteiger partial charge in [0.25, 0.3) is 5.91 Å². The Bertz CT molecular complexity index is 719. The lowest BCUT2D eigenvalue weighted by molar-refractivity contribution is -0.132. The van der Waals surface area contributed by atoms with E-state index < -0.39 is 23.7 Å². The van der Waals surface area contributed by atoms with Gasteiger partial charge in [0.2, 0.25) is 5.91 Å². The largest absolute Gasteiger partial charge is 0.300 e. The zero-order valence-electron chi connectivity index (χ0n) is 12.8. The number of nitrogens with one attached hydrogen (secondary N) is 1. The summed E-state index contributed by atoms with van der Waals surface area (Å²) in [6, 6.07) is 12.3. The second-order valence-corrected chi connectivity index (χ2v) is 5.07. The molecule has 2 aromatic carbocycles. The maximum Gasteiger partial charge on any atom is 0.266 e. The molecule has 2 aromatic rings. The molecular formula is C18H21FN2O3. The van der Waals surface area contributed by atoms with Crippen LogP contribution in [-0.4, -0.2) is 23.1 Å². The topological polar surface area (TPSA) is 69.6 Å². The van der Waals surface area contributed by atoms with Gasteiger partial charge >= 0.3 is 0 Å². The van der Waals surface area contributed by atoms with E-state index in [1.807, 2.05) is 6.07 Å². The Morgan fingerprint density at radius 2 is 1.79 bits per heavy atom. The second kappa shape index (κ2) is 8.21. The highest BCUT2D eigenvalue weighted by atomic mass is 19.1. The Balaban J connectivity index is 0.00000288. The fourth-order valence-electron chi connectivity index (χ4n) is 2.39. The molecule has 6 heteroatoms. The zero-order chi connectivity index (χ0) is 17.0. The fraction of sp³-hybridized carbons (Fsp3) is 0.222. The molecule has 1 unspecified atom stereocenters. The molecule has 0 heterocycles. The van der Waals surface area contributed by atoms with Crippen LogP contribution in [0.15, 0.2) is 48.5 Å². The van der Waals surface area contributed by atoms with Crippen molar-refractivity contribution in [2.45, 2.75) is 27.3 Å². The van der Waals surface area contributed by atoms with Gasteiger partial charge in [-0.1, -0.05) is 37.8 Å². The molecule has 5 nitrogen and oxygen atoms in total. The lowest BCUT2D eigenvalue weighted by atomic mass is 10.0. The standard InChI is InChI=1S/C17H17FN2O3.CH4/c1-11(17(22)19-23)20(12(2)21)14-8-9-15(16(18)10-14)13-6-4-3-5-7-13;/h3-11,23H,1-2H3,(H,19,22);1H4. The van der Waals surface area contributed by atoms with Crippen molar-refractivity contribution in [1.29, 1.82) is 0 Å². The smallest absolute Gasteiger partial charge is 0.266 e. The predicted molar refractivity (Wildman–Crippen MR) is 91.1 cm³/mol. The first-order valence-electron chi connectivity index (χ1n) is 7.04. The molecule has 2 rings (SSSR count). The summed E-state index contributed by atoms with van der Waals surface area (Å²) in [5.74, 6) is -1.70. The first kappa shape index (κ1) is 19.3. The van der Waals surface area contributed by atoms with E-state index in [0.29, 0.717) is 11.1 Å². The van der Waals surface area contributed by atoms with Crippen LogP contribution < -0.4 is 10.4 Å². The third-order valence-corrected chi connectivity index (χ3v) is 3.53. The maximum atomic E-state index is 14.4. The van der Waals surface area contributed by atoms with Crippen molar-refractivity contribution < 1.29 is 19.2 Å². The highest BCUT2D eigenvalue weighted by Gasteiger charge is 2.25. The summed E-state index contributed by atoms with van der Waals surface area (Å²) in [5.41, 5.74) is 2.85. The number of nitrogens with zero attached hydrogens (tertiary/aromatic N) is 1. The van der Waals surface area contributed by atoms with Crippen molar-refractivity contribution in [2.75, 3.05) is 4.90 Å². The minimum atomic E-state index is -0.973. The number of hydroxylamine groups is 1. The average molecular weight is 332 g/mol. The van der Waals surface area contributed by atoms with Gasteiger partial charge in [0.1, 0.15) is 11.9 Å². The number of carbonyl (C=O) groups excluding carboxylic acids is 2. The van der Waals surface area contributed by atoms with Gasteiger partial charge < -0.3 is 4.90 Å². The molecule has 0 aromatic heterocycles. The van der Waals surface area contributed by atoms with Gasteiger partial charge in [-0.3, -0.25) is 14.8 Å². The normalized spacial score (nSPS) is 11.2. The Kier molecular flexibility index (Phi) is 6.61. The minimum Gasteiger partial charge on any atom is -0.300 e. The highest BCUT2D eigenvalue weighted by Crippen LogP contribution is 2.27. The van der Waals surface area contributed by atoms with Crippen LogP contribution in [0.2, 0.25) is 0 Å². The molecule has 0 saturated heterocycles. The van der Waals surface area contributed by atoms with E-state index in [2.05, 4.69) is 0 Å². The van der Waals surface area contributed by atoms with Crippen molar-refractivity contribution in [3.63, 3.8) is 0 Å². The number of hydrogen-bond acceptors (Lipinski definition) is 3. The Hall–Kier alpha value is -2.73. The molecule has 0 aliphatic carbocycles. The Labute approximate surface area is 140 Å². The van der Waals surface area contributed by atoms with Crippen LogP contribution in [0, 0.1) is 5.82 Å². The van der Waals surface area contributed by atoms with Gasteiger partial charge in [-0.25, -0.2) is 9.87 Å². The van der Waals surface area contributed by atoms with Gasteiger partial charge in [-0.05, 0) is 30.7 Å². The van der Waals surface area contributed by atoms with Crippen LogP contribution >= 0.6 is 0 Å². The molecule has 0 radical (unpaired) electrons. The SMILES string of the molecule is C.CC(=O)N(c1ccc(-c2ccccc2)c(F)c1)C(C)C(=O)NO. The van der Waals surface area contributed by atoms with E-state index in [-0.39, 0.29) is 13.1 Å².